The van der Waals surface area contributed by atoms with E-state index in [2.05, 4.69) is 157 Å². The summed E-state index contributed by atoms with van der Waals surface area (Å²) in [5.74, 6) is 0. The zero-order valence-corrected chi connectivity index (χ0v) is 24.8. The van der Waals surface area contributed by atoms with Crippen molar-refractivity contribution in [3.63, 3.8) is 0 Å². The Bertz CT molecular complexity index is 2470. The predicted octanol–water partition coefficient (Wildman–Crippen LogP) is 12.7. The van der Waals surface area contributed by atoms with Crippen LogP contribution in [0, 0.1) is 0 Å². The van der Waals surface area contributed by atoms with Crippen molar-refractivity contribution in [3.8, 4) is 11.1 Å². The number of rotatable bonds is 4. The van der Waals surface area contributed by atoms with Gasteiger partial charge in [-0.1, -0.05) is 103 Å². The first-order valence-electron chi connectivity index (χ1n) is 14.5. The van der Waals surface area contributed by atoms with Crippen LogP contribution in [-0.2, 0) is 0 Å². The van der Waals surface area contributed by atoms with E-state index in [-0.39, 0.29) is 0 Å². The van der Waals surface area contributed by atoms with E-state index in [1.54, 1.807) is 0 Å². The fourth-order valence-corrected chi connectivity index (χ4v) is 8.77. The molecular formula is C40H25NS2. The number of hydrogen-bond acceptors (Lipinski definition) is 3. The van der Waals surface area contributed by atoms with Gasteiger partial charge in [-0.15, -0.1) is 22.7 Å². The maximum Gasteiger partial charge on any atom is 0.0476 e. The van der Waals surface area contributed by atoms with Gasteiger partial charge in [-0.2, -0.15) is 0 Å². The Morgan fingerprint density at radius 1 is 0.349 bits per heavy atom. The molecular weight excluding hydrogens is 559 g/mol. The van der Waals surface area contributed by atoms with Crippen molar-refractivity contribution in [1.29, 1.82) is 0 Å². The molecule has 0 bridgehead atoms. The summed E-state index contributed by atoms with van der Waals surface area (Å²) >= 11 is 3.75. The molecule has 0 aliphatic heterocycles. The smallest absolute Gasteiger partial charge is 0.0476 e. The minimum absolute atomic E-state index is 1.14. The molecule has 2 aromatic heterocycles. The number of fused-ring (bicyclic) bond motifs is 8. The molecule has 0 unspecified atom stereocenters. The Balaban J connectivity index is 1.25. The second-order valence-corrected chi connectivity index (χ2v) is 13.1. The molecule has 0 aliphatic rings. The van der Waals surface area contributed by atoms with Crippen LogP contribution in [0.2, 0.25) is 0 Å². The van der Waals surface area contributed by atoms with Gasteiger partial charge in [-0.3, -0.25) is 0 Å². The summed E-state index contributed by atoms with van der Waals surface area (Å²) in [4.78, 5) is 2.41. The topological polar surface area (TPSA) is 3.24 Å². The Morgan fingerprint density at radius 2 is 0.953 bits per heavy atom. The fraction of sp³-hybridized carbons (Fsp3) is 0. The standard InChI is InChI=1S/C40H25NS2/c1-2-9-26(10-3-1)27-11-8-12-29(23-27)41(31-19-22-35-33-13-4-6-15-37(33)42-39(35)25-31)30-18-21-32-28(24-30)17-20-36-34-14-5-7-16-38(34)43-40(32)36/h1-25H. The van der Waals surface area contributed by atoms with Crippen LogP contribution in [0.1, 0.15) is 0 Å². The van der Waals surface area contributed by atoms with Crippen molar-refractivity contribution in [2.24, 2.45) is 0 Å². The molecule has 0 spiro atoms. The van der Waals surface area contributed by atoms with Gasteiger partial charge in [0.25, 0.3) is 0 Å². The van der Waals surface area contributed by atoms with Gasteiger partial charge in [-0.25, -0.2) is 0 Å². The maximum absolute atomic E-state index is 2.41. The first-order valence-corrected chi connectivity index (χ1v) is 16.1. The highest BCUT2D eigenvalue weighted by Crippen LogP contribution is 2.44. The largest absolute Gasteiger partial charge is 0.310 e. The summed E-state index contributed by atoms with van der Waals surface area (Å²) in [7, 11) is 0. The lowest BCUT2D eigenvalue weighted by Gasteiger charge is -2.26. The summed E-state index contributed by atoms with van der Waals surface area (Å²) < 4.78 is 5.32. The van der Waals surface area contributed by atoms with Gasteiger partial charge in [0.15, 0.2) is 0 Å². The second-order valence-electron chi connectivity index (χ2n) is 11.0. The highest BCUT2D eigenvalue weighted by molar-refractivity contribution is 7.26. The fourth-order valence-electron chi connectivity index (χ4n) is 6.39. The van der Waals surface area contributed by atoms with Crippen molar-refractivity contribution < 1.29 is 0 Å². The first-order chi connectivity index (χ1) is 21.3. The van der Waals surface area contributed by atoms with Crippen LogP contribution in [0.4, 0.5) is 17.1 Å². The van der Waals surface area contributed by atoms with Crippen molar-refractivity contribution in [2.75, 3.05) is 4.90 Å². The molecule has 3 heteroatoms. The van der Waals surface area contributed by atoms with Crippen LogP contribution in [-0.4, -0.2) is 0 Å². The molecule has 0 amide bonds. The van der Waals surface area contributed by atoms with E-state index >= 15 is 0 Å². The summed E-state index contributed by atoms with van der Waals surface area (Å²) in [6.07, 6.45) is 0. The summed E-state index contributed by atoms with van der Waals surface area (Å²) in [5, 5.41) is 7.87. The van der Waals surface area contributed by atoms with Crippen molar-refractivity contribution in [1.82, 2.24) is 0 Å². The molecule has 0 N–H and O–H groups in total. The van der Waals surface area contributed by atoms with E-state index in [0.717, 1.165) is 17.1 Å². The molecule has 9 rings (SSSR count). The molecule has 0 radical (unpaired) electrons. The Labute approximate surface area is 257 Å². The zero-order chi connectivity index (χ0) is 28.3. The quantitative estimate of drug-likeness (QED) is 0.199. The molecule has 0 fully saturated rings. The van der Waals surface area contributed by atoms with Gasteiger partial charge in [0.1, 0.15) is 0 Å². The normalized spacial score (nSPS) is 11.7. The molecule has 202 valence electrons. The maximum atomic E-state index is 2.41. The van der Waals surface area contributed by atoms with E-state index in [1.807, 2.05) is 22.7 Å². The highest BCUT2D eigenvalue weighted by atomic mass is 32.1. The van der Waals surface area contributed by atoms with Crippen LogP contribution in [0.3, 0.4) is 0 Å². The number of nitrogens with zero attached hydrogens (tertiary/aromatic N) is 1. The summed E-state index contributed by atoms with van der Waals surface area (Å²) in [6.45, 7) is 0. The van der Waals surface area contributed by atoms with Gasteiger partial charge in [0.05, 0.1) is 0 Å². The molecule has 1 nitrogen and oxygen atoms in total. The monoisotopic (exact) mass is 583 g/mol. The predicted molar refractivity (Wildman–Crippen MR) is 190 cm³/mol. The summed E-state index contributed by atoms with van der Waals surface area (Å²) in [5.41, 5.74) is 5.88. The third-order valence-corrected chi connectivity index (χ3v) is 10.8. The average Bonchev–Trinajstić information content (AvgIpc) is 3.64. The summed E-state index contributed by atoms with van der Waals surface area (Å²) in [6, 6.07) is 55.4. The van der Waals surface area contributed by atoms with E-state index < -0.39 is 0 Å². The van der Waals surface area contributed by atoms with Gasteiger partial charge < -0.3 is 4.90 Å². The highest BCUT2D eigenvalue weighted by Gasteiger charge is 2.17. The number of benzene rings is 7. The van der Waals surface area contributed by atoms with Crippen LogP contribution in [0.15, 0.2) is 152 Å². The Kier molecular flexibility index (Phi) is 5.62. The Hall–Kier alpha value is -4.96. The number of thiophene rings is 2. The molecule has 43 heavy (non-hydrogen) atoms. The SMILES string of the molecule is c1ccc(-c2cccc(N(c3ccc4c(ccc5c6ccccc6sc45)c3)c3ccc4c(c3)sc3ccccc34)c2)cc1. The molecule has 0 saturated heterocycles. The van der Waals surface area contributed by atoms with Crippen molar-refractivity contribution in [2.45, 2.75) is 0 Å². The van der Waals surface area contributed by atoms with Crippen LogP contribution in [0.25, 0.3) is 62.2 Å². The number of hydrogen-bond donors (Lipinski definition) is 0. The Morgan fingerprint density at radius 3 is 1.79 bits per heavy atom. The lowest BCUT2D eigenvalue weighted by atomic mass is 10.0. The third kappa shape index (κ3) is 4.04. The molecule has 2 heterocycles. The van der Waals surface area contributed by atoms with Crippen LogP contribution >= 0.6 is 22.7 Å². The van der Waals surface area contributed by atoms with E-state index in [4.69, 9.17) is 0 Å². The second kappa shape index (κ2) is 9.81. The minimum atomic E-state index is 1.14. The van der Waals surface area contributed by atoms with Gasteiger partial charge in [-0.05, 0) is 70.4 Å². The lowest BCUT2D eigenvalue weighted by Crippen LogP contribution is -2.10. The van der Waals surface area contributed by atoms with Gasteiger partial charge in [0, 0.05) is 57.4 Å². The number of anilines is 3. The molecule has 0 aliphatic carbocycles. The van der Waals surface area contributed by atoms with Crippen molar-refractivity contribution >= 4 is 90.9 Å². The molecule has 7 aromatic carbocycles. The van der Waals surface area contributed by atoms with Gasteiger partial charge in [0.2, 0.25) is 0 Å². The van der Waals surface area contributed by atoms with E-state index in [1.165, 1.54) is 62.2 Å². The first kappa shape index (κ1) is 24.6. The van der Waals surface area contributed by atoms with Crippen LogP contribution in [0.5, 0.6) is 0 Å². The average molecular weight is 584 g/mol. The minimum Gasteiger partial charge on any atom is -0.310 e. The van der Waals surface area contributed by atoms with Gasteiger partial charge >= 0.3 is 0 Å². The lowest BCUT2D eigenvalue weighted by molar-refractivity contribution is 1.30. The zero-order valence-electron chi connectivity index (χ0n) is 23.2. The third-order valence-electron chi connectivity index (χ3n) is 8.43. The van der Waals surface area contributed by atoms with Crippen LogP contribution < -0.4 is 4.90 Å². The molecule has 0 saturated carbocycles. The molecule has 9 aromatic rings. The molecule has 0 atom stereocenters. The van der Waals surface area contributed by atoms with E-state index in [0.29, 0.717) is 0 Å². The van der Waals surface area contributed by atoms with Crippen molar-refractivity contribution in [3.05, 3.63) is 152 Å². The van der Waals surface area contributed by atoms with E-state index in [9.17, 15) is 0 Å².